The van der Waals surface area contributed by atoms with Crippen molar-refractivity contribution >= 4 is 23.4 Å². The van der Waals surface area contributed by atoms with E-state index in [1.807, 2.05) is 55.6 Å². The normalized spacial score (nSPS) is 19.5. The Morgan fingerprint density at radius 3 is 2.55 bits per heavy atom. The molecule has 114 valence electrons. The molecule has 0 radical (unpaired) electrons. The molecule has 2 aromatic carbocycles. The minimum Gasteiger partial charge on any atom is -0.482 e. The van der Waals surface area contributed by atoms with Crippen LogP contribution in [0.2, 0.25) is 0 Å². The Labute approximate surface area is 133 Å². The first-order valence-corrected chi connectivity index (χ1v) is 8.27. The highest BCUT2D eigenvalue weighted by Crippen LogP contribution is 2.33. The van der Waals surface area contributed by atoms with Crippen molar-refractivity contribution in [3.63, 3.8) is 0 Å². The highest BCUT2D eigenvalue weighted by Gasteiger charge is 2.34. The first kappa shape index (κ1) is 14.8. The Bertz CT molecular complexity index is 689. The van der Waals surface area contributed by atoms with Crippen LogP contribution in [0.25, 0.3) is 0 Å². The number of amides is 1. The zero-order chi connectivity index (χ0) is 15.5. The highest BCUT2D eigenvalue weighted by molar-refractivity contribution is 7.98. The Morgan fingerprint density at radius 1 is 1.09 bits per heavy atom. The molecule has 1 N–H and O–H groups in total. The number of carbonyl (C=O) groups excluding carboxylic acids is 1. The van der Waals surface area contributed by atoms with Crippen molar-refractivity contribution in [2.24, 2.45) is 0 Å². The minimum absolute atomic E-state index is 0.208. The van der Waals surface area contributed by atoms with E-state index in [4.69, 9.17) is 9.47 Å². The summed E-state index contributed by atoms with van der Waals surface area (Å²) in [5.41, 5.74) is 0.756. The molecule has 3 rings (SSSR count). The van der Waals surface area contributed by atoms with Gasteiger partial charge in [0.2, 0.25) is 6.10 Å². The smallest absolute Gasteiger partial charge is 0.269 e. The molecular formula is C17H17NO3S. The van der Waals surface area contributed by atoms with Crippen LogP contribution >= 0.6 is 11.8 Å². The first-order valence-electron chi connectivity index (χ1n) is 7.04. The molecule has 5 heteroatoms. The predicted molar refractivity (Wildman–Crippen MR) is 87.8 cm³/mol. The summed E-state index contributed by atoms with van der Waals surface area (Å²) in [6, 6.07) is 15.1. The molecule has 2 aromatic rings. The quantitative estimate of drug-likeness (QED) is 0.880. The number of nitrogens with one attached hydrogen (secondary N) is 1. The van der Waals surface area contributed by atoms with Crippen molar-refractivity contribution in [2.45, 2.75) is 24.0 Å². The summed E-state index contributed by atoms with van der Waals surface area (Å²) in [5.74, 6) is 1.06. The SMILES string of the molecule is CSc1cccc(NC(=O)C2Oc3ccccc3OC2C)c1. The number of rotatable bonds is 3. The van der Waals surface area contributed by atoms with Gasteiger partial charge in [-0.05, 0) is 43.5 Å². The van der Waals surface area contributed by atoms with Crippen molar-refractivity contribution in [1.82, 2.24) is 0 Å². The van der Waals surface area contributed by atoms with Gasteiger partial charge in [-0.1, -0.05) is 18.2 Å². The minimum atomic E-state index is -0.673. The predicted octanol–water partition coefficient (Wildman–Crippen LogP) is 3.58. The number of carbonyl (C=O) groups is 1. The number of ether oxygens (including phenoxy) is 2. The summed E-state index contributed by atoms with van der Waals surface area (Å²) in [4.78, 5) is 13.6. The van der Waals surface area contributed by atoms with Crippen molar-refractivity contribution < 1.29 is 14.3 Å². The molecule has 0 aromatic heterocycles. The third kappa shape index (κ3) is 3.04. The van der Waals surface area contributed by atoms with E-state index in [9.17, 15) is 4.79 Å². The molecule has 1 aliphatic rings. The zero-order valence-corrected chi connectivity index (χ0v) is 13.2. The second kappa shape index (κ2) is 6.32. The fourth-order valence-electron chi connectivity index (χ4n) is 2.32. The maximum absolute atomic E-state index is 12.5. The van der Waals surface area contributed by atoms with Crippen LogP contribution in [0.15, 0.2) is 53.4 Å². The second-order valence-electron chi connectivity index (χ2n) is 5.03. The summed E-state index contributed by atoms with van der Waals surface area (Å²) in [6.45, 7) is 1.83. The average Bonchev–Trinajstić information content (AvgIpc) is 2.54. The van der Waals surface area contributed by atoms with Gasteiger partial charge in [0.1, 0.15) is 6.10 Å². The Balaban J connectivity index is 1.75. The molecule has 0 saturated heterocycles. The highest BCUT2D eigenvalue weighted by atomic mass is 32.2. The molecule has 0 spiro atoms. The lowest BCUT2D eigenvalue weighted by molar-refractivity contribution is -0.128. The molecular weight excluding hydrogens is 298 g/mol. The van der Waals surface area contributed by atoms with Gasteiger partial charge >= 0.3 is 0 Å². The number of fused-ring (bicyclic) bond motifs is 1. The number of anilines is 1. The van der Waals surface area contributed by atoms with Gasteiger partial charge in [0.25, 0.3) is 5.91 Å². The van der Waals surface area contributed by atoms with Gasteiger partial charge in [-0.25, -0.2) is 0 Å². The summed E-state index contributed by atoms with van der Waals surface area (Å²) in [7, 11) is 0. The van der Waals surface area contributed by atoms with Crippen molar-refractivity contribution in [1.29, 1.82) is 0 Å². The standard InChI is InChI=1S/C17H17NO3S/c1-11-16(21-15-9-4-3-8-14(15)20-11)17(19)18-12-6-5-7-13(10-12)22-2/h3-11,16H,1-2H3,(H,18,19). The molecule has 1 aliphatic heterocycles. The van der Waals surface area contributed by atoms with Gasteiger partial charge in [0.15, 0.2) is 11.5 Å². The summed E-state index contributed by atoms with van der Waals surface area (Å²) in [5, 5.41) is 2.89. The first-order chi connectivity index (χ1) is 10.7. The molecule has 0 fully saturated rings. The Kier molecular flexibility index (Phi) is 4.24. The Morgan fingerprint density at radius 2 is 1.82 bits per heavy atom. The van der Waals surface area contributed by atoms with Gasteiger partial charge < -0.3 is 14.8 Å². The molecule has 1 amide bonds. The zero-order valence-electron chi connectivity index (χ0n) is 12.4. The number of para-hydroxylation sites is 2. The lowest BCUT2D eigenvalue weighted by Gasteiger charge is -2.31. The summed E-state index contributed by atoms with van der Waals surface area (Å²) in [6.07, 6.45) is 0.976. The lowest BCUT2D eigenvalue weighted by Crippen LogP contribution is -2.46. The van der Waals surface area contributed by atoms with Gasteiger partial charge in [0, 0.05) is 10.6 Å². The lowest BCUT2D eigenvalue weighted by atomic mass is 10.1. The fourth-order valence-corrected chi connectivity index (χ4v) is 2.78. The third-order valence-electron chi connectivity index (χ3n) is 3.44. The van der Waals surface area contributed by atoms with E-state index in [1.54, 1.807) is 17.8 Å². The maximum atomic E-state index is 12.5. The van der Waals surface area contributed by atoms with Crippen LogP contribution in [0.1, 0.15) is 6.92 Å². The molecule has 22 heavy (non-hydrogen) atoms. The molecule has 0 aliphatic carbocycles. The monoisotopic (exact) mass is 315 g/mol. The van der Waals surface area contributed by atoms with E-state index in [1.165, 1.54) is 0 Å². The summed E-state index contributed by atoms with van der Waals surface area (Å²) < 4.78 is 11.6. The number of hydrogen-bond acceptors (Lipinski definition) is 4. The van der Waals surface area contributed by atoms with Gasteiger partial charge in [-0.2, -0.15) is 0 Å². The number of hydrogen-bond donors (Lipinski definition) is 1. The summed E-state index contributed by atoms with van der Waals surface area (Å²) >= 11 is 1.63. The molecule has 1 heterocycles. The topological polar surface area (TPSA) is 47.6 Å². The van der Waals surface area contributed by atoms with Crippen LogP contribution in [0.5, 0.6) is 11.5 Å². The van der Waals surface area contributed by atoms with Crippen LogP contribution in [0, 0.1) is 0 Å². The maximum Gasteiger partial charge on any atom is 0.269 e. The van der Waals surface area contributed by atoms with Crippen LogP contribution in [0.4, 0.5) is 5.69 Å². The van der Waals surface area contributed by atoms with E-state index in [0.717, 1.165) is 10.6 Å². The molecule has 2 atom stereocenters. The van der Waals surface area contributed by atoms with Crippen LogP contribution in [-0.2, 0) is 4.79 Å². The van der Waals surface area contributed by atoms with Gasteiger partial charge in [-0.15, -0.1) is 11.8 Å². The molecule has 4 nitrogen and oxygen atoms in total. The van der Waals surface area contributed by atoms with Crippen molar-refractivity contribution in [2.75, 3.05) is 11.6 Å². The van der Waals surface area contributed by atoms with Crippen LogP contribution in [0.3, 0.4) is 0 Å². The average molecular weight is 315 g/mol. The largest absolute Gasteiger partial charge is 0.482 e. The van der Waals surface area contributed by atoms with Gasteiger partial charge in [-0.3, -0.25) is 4.79 Å². The van der Waals surface area contributed by atoms with Crippen molar-refractivity contribution in [3.05, 3.63) is 48.5 Å². The third-order valence-corrected chi connectivity index (χ3v) is 4.16. The molecule has 0 saturated carbocycles. The Hall–Kier alpha value is -2.14. The second-order valence-corrected chi connectivity index (χ2v) is 5.91. The van der Waals surface area contributed by atoms with E-state index >= 15 is 0 Å². The number of thioether (sulfide) groups is 1. The van der Waals surface area contributed by atoms with E-state index < -0.39 is 6.10 Å². The molecule has 0 bridgehead atoms. The van der Waals surface area contributed by atoms with Crippen molar-refractivity contribution in [3.8, 4) is 11.5 Å². The van der Waals surface area contributed by atoms with Crippen LogP contribution < -0.4 is 14.8 Å². The van der Waals surface area contributed by atoms with E-state index in [-0.39, 0.29) is 12.0 Å². The molecule has 2 unspecified atom stereocenters. The van der Waals surface area contributed by atoms with Gasteiger partial charge in [0.05, 0.1) is 0 Å². The van der Waals surface area contributed by atoms with E-state index in [0.29, 0.717) is 11.5 Å². The fraction of sp³-hybridized carbons (Fsp3) is 0.235. The van der Waals surface area contributed by atoms with E-state index in [2.05, 4.69) is 5.32 Å². The van der Waals surface area contributed by atoms with Crippen LogP contribution in [-0.4, -0.2) is 24.4 Å². The number of benzene rings is 2.